The summed E-state index contributed by atoms with van der Waals surface area (Å²) in [7, 11) is 0. The van der Waals surface area contributed by atoms with Gasteiger partial charge in [-0.15, -0.1) is 0 Å². The molecule has 2 N–H and O–H groups in total. The minimum atomic E-state index is -0.123. The molecular formula is C16H15BrN2O2. The van der Waals surface area contributed by atoms with Gasteiger partial charge in [0.2, 0.25) is 0 Å². The summed E-state index contributed by atoms with van der Waals surface area (Å²) in [6.07, 6.45) is 0. The second kappa shape index (κ2) is 5.77. The molecule has 108 valence electrons. The normalized spacial score (nSPS) is 13.1. The number of hydrogen-bond donors (Lipinski definition) is 2. The predicted molar refractivity (Wildman–Crippen MR) is 86.8 cm³/mol. The Kier molecular flexibility index (Phi) is 3.84. The molecule has 0 radical (unpaired) electrons. The molecule has 0 saturated carbocycles. The molecule has 0 bridgehead atoms. The first-order valence-electron chi connectivity index (χ1n) is 6.67. The van der Waals surface area contributed by atoms with Crippen molar-refractivity contribution in [1.29, 1.82) is 0 Å². The summed E-state index contributed by atoms with van der Waals surface area (Å²) in [5.74, 6) is 0.584. The number of rotatable bonds is 3. The monoisotopic (exact) mass is 346 g/mol. The number of aryl methyl sites for hydroxylation is 1. The molecule has 0 unspecified atom stereocenters. The van der Waals surface area contributed by atoms with Gasteiger partial charge in [0.25, 0.3) is 5.91 Å². The fourth-order valence-electron chi connectivity index (χ4n) is 2.14. The van der Waals surface area contributed by atoms with Crippen molar-refractivity contribution in [3.63, 3.8) is 0 Å². The van der Waals surface area contributed by atoms with Crippen molar-refractivity contribution < 1.29 is 9.53 Å². The molecule has 0 atom stereocenters. The number of nitrogens with one attached hydrogen (secondary N) is 2. The summed E-state index contributed by atoms with van der Waals surface area (Å²) < 4.78 is 6.44. The molecule has 0 fully saturated rings. The van der Waals surface area contributed by atoms with Crippen LogP contribution in [0.15, 0.2) is 40.9 Å². The van der Waals surface area contributed by atoms with Gasteiger partial charge in [-0.05, 0) is 42.3 Å². The Labute approximate surface area is 131 Å². The van der Waals surface area contributed by atoms with Crippen molar-refractivity contribution in [3.8, 4) is 5.75 Å². The molecule has 1 amide bonds. The zero-order valence-corrected chi connectivity index (χ0v) is 13.2. The Hall–Kier alpha value is -2.01. The van der Waals surface area contributed by atoms with Gasteiger partial charge in [-0.1, -0.05) is 28.1 Å². The fraction of sp³-hybridized carbons (Fsp3) is 0.188. The third-order valence-corrected chi connectivity index (χ3v) is 4.20. The number of halogens is 1. The zero-order valence-electron chi connectivity index (χ0n) is 11.6. The van der Waals surface area contributed by atoms with Crippen molar-refractivity contribution in [2.75, 3.05) is 17.2 Å². The van der Waals surface area contributed by atoms with Gasteiger partial charge < -0.3 is 15.4 Å². The van der Waals surface area contributed by atoms with Gasteiger partial charge >= 0.3 is 0 Å². The highest BCUT2D eigenvalue weighted by Crippen LogP contribution is 2.30. The third kappa shape index (κ3) is 3.19. The number of benzene rings is 2. The molecule has 21 heavy (non-hydrogen) atoms. The van der Waals surface area contributed by atoms with Gasteiger partial charge in [-0.3, -0.25) is 4.79 Å². The van der Waals surface area contributed by atoms with Gasteiger partial charge in [0, 0.05) is 16.7 Å². The number of ether oxygens (including phenoxy) is 1. The van der Waals surface area contributed by atoms with Gasteiger partial charge in [0.15, 0.2) is 6.61 Å². The minimum absolute atomic E-state index is 0.0805. The molecule has 0 aliphatic carbocycles. The van der Waals surface area contributed by atoms with Crippen molar-refractivity contribution in [1.82, 2.24) is 0 Å². The number of amides is 1. The zero-order chi connectivity index (χ0) is 14.8. The summed E-state index contributed by atoms with van der Waals surface area (Å²) in [5, 5.41) is 6.15. The van der Waals surface area contributed by atoms with Crippen LogP contribution in [-0.4, -0.2) is 12.5 Å². The summed E-state index contributed by atoms with van der Waals surface area (Å²) in [6, 6.07) is 12.0. The van der Waals surface area contributed by atoms with E-state index in [0.717, 1.165) is 10.2 Å². The van der Waals surface area contributed by atoms with E-state index in [0.29, 0.717) is 18.0 Å². The molecular weight excluding hydrogens is 332 g/mol. The number of carbonyl (C=O) groups excluding carboxylic acids is 1. The van der Waals surface area contributed by atoms with Crippen LogP contribution in [0.3, 0.4) is 0 Å². The summed E-state index contributed by atoms with van der Waals surface area (Å²) >= 11 is 3.54. The Balaban J connectivity index is 1.72. The fourth-order valence-corrected chi connectivity index (χ4v) is 2.57. The van der Waals surface area contributed by atoms with Crippen LogP contribution < -0.4 is 15.4 Å². The number of carbonyl (C=O) groups is 1. The largest absolute Gasteiger partial charge is 0.482 e. The Bertz CT molecular complexity index is 701. The van der Waals surface area contributed by atoms with E-state index >= 15 is 0 Å². The smallest absolute Gasteiger partial charge is 0.262 e. The molecule has 0 aromatic heterocycles. The van der Waals surface area contributed by atoms with Crippen molar-refractivity contribution in [2.45, 2.75) is 13.5 Å². The molecule has 3 rings (SSSR count). The van der Waals surface area contributed by atoms with E-state index in [2.05, 4.69) is 51.7 Å². The first kappa shape index (κ1) is 13.9. The highest BCUT2D eigenvalue weighted by Gasteiger charge is 2.15. The maximum Gasteiger partial charge on any atom is 0.262 e. The lowest BCUT2D eigenvalue weighted by Gasteiger charge is -2.19. The lowest BCUT2D eigenvalue weighted by molar-refractivity contribution is -0.118. The van der Waals surface area contributed by atoms with E-state index < -0.39 is 0 Å². The topological polar surface area (TPSA) is 50.4 Å². The second-order valence-corrected chi connectivity index (χ2v) is 5.84. The molecule has 0 saturated heterocycles. The van der Waals surface area contributed by atoms with Crippen LogP contribution >= 0.6 is 15.9 Å². The van der Waals surface area contributed by atoms with E-state index in [9.17, 15) is 4.79 Å². The molecule has 2 aromatic carbocycles. The Morgan fingerprint density at radius 1 is 1.29 bits per heavy atom. The number of fused-ring (bicyclic) bond motifs is 1. The van der Waals surface area contributed by atoms with Crippen LogP contribution in [0.5, 0.6) is 5.75 Å². The summed E-state index contributed by atoms with van der Waals surface area (Å²) in [5.41, 5.74) is 4.05. The van der Waals surface area contributed by atoms with E-state index in [1.165, 1.54) is 11.1 Å². The lowest BCUT2D eigenvalue weighted by Crippen LogP contribution is -2.25. The second-order valence-electron chi connectivity index (χ2n) is 4.98. The van der Waals surface area contributed by atoms with Crippen molar-refractivity contribution in [3.05, 3.63) is 52.0 Å². The summed E-state index contributed by atoms with van der Waals surface area (Å²) in [4.78, 5) is 11.3. The highest BCUT2D eigenvalue weighted by molar-refractivity contribution is 9.10. The van der Waals surface area contributed by atoms with Crippen LogP contribution in [-0.2, 0) is 11.3 Å². The van der Waals surface area contributed by atoms with Crippen molar-refractivity contribution in [2.24, 2.45) is 0 Å². The lowest BCUT2D eigenvalue weighted by atomic mass is 10.1. The Morgan fingerprint density at radius 3 is 2.95 bits per heavy atom. The van der Waals surface area contributed by atoms with Crippen LogP contribution in [0.25, 0.3) is 0 Å². The van der Waals surface area contributed by atoms with Crippen LogP contribution in [0.1, 0.15) is 11.1 Å². The van der Waals surface area contributed by atoms with Gasteiger partial charge in [0.1, 0.15) is 5.75 Å². The van der Waals surface area contributed by atoms with Gasteiger partial charge in [-0.25, -0.2) is 0 Å². The van der Waals surface area contributed by atoms with Gasteiger partial charge in [0.05, 0.1) is 5.69 Å². The summed E-state index contributed by atoms with van der Waals surface area (Å²) in [6.45, 7) is 2.86. The Morgan fingerprint density at radius 2 is 2.14 bits per heavy atom. The van der Waals surface area contributed by atoms with Crippen LogP contribution in [0.4, 0.5) is 11.4 Å². The van der Waals surface area contributed by atoms with E-state index in [-0.39, 0.29) is 12.5 Å². The average molecular weight is 347 g/mol. The maximum absolute atomic E-state index is 11.3. The molecule has 1 aliphatic rings. The standard InChI is InChI=1S/C16H15BrN2O2/c1-10-2-3-11(6-13(10)17)8-18-12-4-5-15-14(7-12)19-16(20)9-21-15/h2-7,18H,8-9H2,1H3,(H,19,20). The quantitative estimate of drug-likeness (QED) is 0.890. The van der Waals surface area contributed by atoms with E-state index in [1.807, 2.05) is 18.2 Å². The maximum atomic E-state index is 11.3. The molecule has 0 spiro atoms. The first-order chi connectivity index (χ1) is 10.1. The first-order valence-corrected chi connectivity index (χ1v) is 7.47. The SMILES string of the molecule is Cc1ccc(CNc2ccc3c(c2)NC(=O)CO3)cc1Br. The van der Waals surface area contributed by atoms with Gasteiger partial charge in [-0.2, -0.15) is 0 Å². The number of anilines is 2. The van der Waals surface area contributed by atoms with Crippen LogP contribution in [0.2, 0.25) is 0 Å². The number of hydrogen-bond acceptors (Lipinski definition) is 3. The van der Waals surface area contributed by atoms with Crippen molar-refractivity contribution >= 4 is 33.2 Å². The molecule has 4 nitrogen and oxygen atoms in total. The minimum Gasteiger partial charge on any atom is -0.482 e. The van der Waals surface area contributed by atoms with Crippen LogP contribution in [0, 0.1) is 6.92 Å². The molecule has 5 heteroatoms. The predicted octanol–water partition coefficient (Wildman–Crippen LogP) is 3.70. The molecule has 1 heterocycles. The van der Waals surface area contributed by atoms with E-state index in [4.69, 9.17) is 4.74 Å². The highest BCUT2D eigenvalue weighted by atomic mass is 79.9. The average Bonchev–Trinajstić information content (AvgIpc) is 2.48. The molecule has 1 aliphatic heterocycles. The van der Waals surface area contributed by atoms with E-state index in [1.54, 1.807) is 0 Å². The molecule has 2 aromatic rings. The third-order valence-electron chi connectivity index (χ3n) is 3.35.